The molecule has 0 aliphatic carbocycles. The van der Waals surface area contributed by atoms with Crippen LogP contribution >= 0.6 is 22.6 Å². The fourth-order valence-electron chi connectivity index (χ4n) is 1.78. The van der Waals surface area contributed by atoms with Crippen LogP contribution in [0.1, 0.15) is 13.8 Å². The van der Waals surface area contributed by atoms with Crippen LogP contribution in [-0.2, 0) is 0 Å². The van der Waals surface area contributed by atoms with Crippen molar-refractivity contribution < 1.29 is 4.92 Å². The summed E-state index contributed by atoms with van der Waals surface area (Å²) >= 11 is 2.00. The van der Waals surface area contributed by atoms with Crippen molar-refractivity contribution >= 4 is 34.0 Å². The molecule has 0 saturated heterocycles. The first-order valence-corrected chi connectivity index (χ1v) is 7.24. The molecule has 0 aliphatic rings. The second kappa shape index (κ2) is 7.04. The third-order valence-corrected chi connectivity index (χ3v) is 3.73. The number of nitrogens with one attached hydrogen (secondary N) is 1. The molecule has 19 heavy (non-hydrogen) atoms. The molecule has 5 nitrogen and oxygen atoms in total. The van der Waals surface area contributed by atoms with Gasteiger partial charge in [0.2, 0.25) is 0 Å². The Morgan fingerprint density at radius 2 is 2.05 bits per heavy atom. The van der Waals surface area contributed by atoms with Gasteiger partial charge in [-0.1, -0.05) is 13.8 Å². The van der Waals surface area contributed by atoms with Crippen LogP contribution in [0.15, 0.2) is 18.2 Å². The summed E-state index contributed by atoms with van der Waals surface area (Å²) < 4.78 is 0.653. The smallest absolute Gasteiger partial charge is 0.282 e. The van der Waals surface area contributed by atoms with Crippen molar-refractivity contribution in [3.63, 3.8) is 0 Å². The predicted octanol–water partition coefficient (Wildman–Crippen LogP) is 3.20. The summed E-state index contributed by atoms with van der Waals surface area (Å²) in [7, 11) is 4.08. The maximum absolute atomic E-state index is 10.8. The fourth-order valence-corrected chi connectivity index (χ4v) is 2.49. The number of rotatable bonds is 6. The highest BCUT2D eigenvalue weighted by molar-refractivity contribution is 14.1. The highest BCUT2D eigenvalue weighted by Crippen LogP contribution is 2.25. The Morgan fingerprint density at radius 1 is 1.42 bits per heavy atom. The molecule has 1 aromatic carbocycles. The number of nitro groups is 1. The van der Waals surface area contributed by atoms with Crippen LogP contribution in [0.3, 0.4) is 0 Å². The summed E-state index contributed by atoms with van der Waals surface area (Å²) in [5.74, 6) is 0.482. The molecule has 0 saturated carbocycles. The first-order valence-electron chi connectivity index (χ1n) is 6.16. The standard InChI is InChI=1S/C13H20IN3O2/c1-9(2)12(8-16(3)4)15-10-5-6-13(17(18)19)11(14)7-10/h5-7,9,12,15H,8H2,1-4H3. The molecule has 0 radical (unpaired) electrons. The molecule has 1 rings (SSSR count). The van der Waals surface area contributed by atoms with Gasteiger partial charge in [0.15, 0.2) is 0 Å². The molecule has 1 unspecified atom stereocenters. The number of hydrogen-bond acceptors (Lipinski definition) is 4. The molecule has 1 atom stereocenters. The van der Waals surface area contributed by atoms with E-state index in [-0.39, 0.29) is 10.6 Å². The Morgan fingerprint density at radius 3 is 2.47 bits per heavy atom. The molecule has 0 amide bonds. The van der Waals surface area contributed by atoms with E-state index in [1.165, 1.54) is 0 Å². The normalized spacial score (nSPS) is 12.8. The van der Waals surface area contributed by atoms with Gasteiger partial charge in [-0.25, -0.2) is 0 Å². The van der Waals surface area contributed by atoms with Gasteiger partial charge in [0.1, 0.15) is 0 Å². The fraction of sp³-hybridized carbons (Fsp3) is 0.538. The number of benzene rings is 1. The quantitative estimate of drug-likeness (QED) is 0.470. The van der Waals surface area contributed by atoms with Crippen molar-refractivity contribution in [2.75, 3.05) is 26.0 Å². The summed E-state index contributed by atoms with van der Waals surface area (Å²) in [6.07, 6.45) is 0. The van der Waals surface area contributed by atoms with Crippen LogP contribution < -0.4 is 5.32 Å². The summed E-state index contributed by atoms with van der Waals surface area (Å²) in [6, 6.07) is 5.46. The highest BCUT2D eigenvalue weighted by atomic mass is 127. The summed E-state index contributed by atoms with van der Waals surface area (Å²) in [5.41, 5.74) is 1.08. The first-order chi connectivity index (χ1) is 8.81. The Hall–Kier alpha value is -0.890. The van der Waals surface area contributed by atoms with Crippen molar-refractivity contribution in [2.24, 2.45) is 5.92 Å². The molecule has 6 heteroatoms. The lowest BCUT2D eigenvalue weighted by Gasteiger charge is -2.26. The van der Waals surface area contributed by atoms with E-state index >= 15 is 0 Å². The van der Waals surface area contributed by atoms with E-state index < -0.39 is 0 Å². The Balaban J connectivity index is 2.85. The van der Waals surface area contributed by atoms with Gasteiger partial charge in [-0.3, -0.25) is 10.1 Å². The molecular formula is C13H20IN3O2. The SMILES string of the molecule is CC(C)C(CN(C)C)Nc1ccc([N+](=O)[O-])c(I)c1. The number of nitro benzene ring substituents is 1. The van der Waals surface area contributed by atoms with E-state index in [9.17, 15) is 10.1 Å². The number of hydrogen-bond donors (Lipinski definition) is 1. The molecular weight excluding hydrogens is 357 g/mol. The minimum Gasteiger partial charge on any atom is -0.381 e. The van der Waals surface area contributed by atoms with Crippen molar-refractivity contribution in [2.45, 2.75) is 19.9 Å². The lowest BCUT2D eigenvalue weighted by atomic mass is 10.0. The molecule has 1 aromatic rings. The van der Waals surface area contributed by atoms with E-state index in [1.807, 2.05) is 42.8 Å². The second-order valence-corrected chi connectivity index (χ2v) is 6.34. The van der Waals surface area contributed by atoms with Crippen molar-refractivity contribution in [3.05, 3.63) is 31.9 Å². The molecule has 0 heterocycles. The zero-order valence-electron chi connectivity index (χ0n) is 11.7. The van der Waals surface area contributed by atoms with Crippen LogP contribution in [-0.4, -0.2) is 36.5 Å². The van der Waals surface area contributed by atoms with E-state index in [2.05, 4.69) is 24.1 Å². The average molecular weight is 377 g/mol. The molecule has 0 aliphatic heterocycles. The Bertz CT molecular complexity index is 450. The highest BCUT2D eigenvalue weighted by Gasteiger charge is 2.16. The van der Waals surface area contributed by atoms with Gasteiger partial charge in [-0.2, -0.15) is 0 Å². The predicted molar refractivity (Wildman–Crippen MR) is 86.6 cm³/mol. The molecule has 106 valence electrons. The third-order valence-electron chi connectivity index (χ3n) is 2.86. The second-order valence-electron chi connectivity index (χ2n) is 5.18. The van der Waals surface area contributed by atoms with Crippen LogP contribution in [0.2, 0.25) is 0 Å². The van der Waals surface area contributed by atoms with Crippen LogP contribution in [0.5, 0.6) is 0 Å². The maximum Gasteiger partial charge on any atom is 0.282 e. The van der Waals surface area contributed by atoms with Crippen molar-refractivity contribution in [1.82, 2.24) is 4.90 Å². The zero-order chi connectivity index (χ0) is 14.6. The Kier molecular flexibility index (Phi) is 5.99. The summed E-state index contributed by atoms with van der Waals surface area (Å²) in [6.45, 7) is 5.25. The van der Waals surface area contributed by atoms with E-state index in [4.69, 9.17) is 0 Å². The molecule has 1 N–H and O–H groups in total. The molecule has 0 aromatic heterocycles. The largest absolute Gasteiger partial charge is 0.381 e. The van der Waals surface area contributed by atoms with Gasteiger partial charge in [0.25, 0.3) is 5.69 Å². The van der Waals surface area contributed by atoms with Gasteiger partial charge in [0, 0.05) is 24.3 Å². The number of anilines is 1. The van der Waals surface area contributed by atoms with E-state index in [0.29, 0.717) is 15.5 Å². The summed E-state index contributed by atoms with van der Waals surface area (Å²) in [4.78, 5) is 12.6. The van der Waals surface area contributed by atoms with Gasteiger partial charge in [-0.15, -0.1) is 0 Å². The zero-order valence-corrected chi connectivity index (χ0v) is 13.8. The first kappa shape index (κ1) is 16.2. The van der Waals surface area contributed by atoms with Gasteiger partial charge >= 0.3 is 0 Å². The lowest BCUT2D eigenvalue weighted by molar-refractivity contribution is -0.385. The number of nitrogens with zero attached hydrogens (tertiary/aromatic N) is 2. The number of halogens is 1. The summed E-state index contributed by atoms with van der Waals surface area (Å²) in [5, 5.41) is 14.2. The van der Waals surface area contributed by atoms with Gasteiger partial charge in [0.05, 0.1) is 8.49 Å². The van der Waals surface area contributed by atoms with Gasteiger partial charge in [-0.05, 0) is 54.7 Å². The maximum atomic E-state index is 10.8. The van der Waals surface area contributed by atoms with E-state index in [1.54, 1.807) is 12.1 Å². The minimum absolute atomic E-state index is 0.153. The molecule has 0 spiro atoms. The van der Waals surface area contributed by atoms with Crippen molar-refractivity contribution in [1.29, 1.82) is 0 Å². The monoisotopic (exact) mass is 377 g/mol. The topological polar surface area (TPSA) is 58.4 Å². The molecule has 0 bridgehead atoms. The Labute approximate surface area is 127 Å². The van der Waals surface area contributed by atoms with Crippen LogP contribution in [0.4, 0.5) is 11.4 Å². The van der Waals surface area contributed by atoms with E-state index in [0.717, 1.165) is 12.2 Å². The molecule has 0 fully saturated rings. The minimum atomic E-state index is -0.356. The van der Waals surface area contributed by atoms with Crippen molar-refractivity contribution in [3.8, 4) is 0 Å². The van der Waals surface area contributed by atoms with Gasteiger partial charge < -0.3 is 10.2 Å². The average Bonchev–Trinajstić information content (AvgIpc) is 2.26. The third kappa shape index (κ3) is 4.94. The van der Waals surface area contributed by atoms with Crippen LogP contribution in [0, 0.1) is 19.6 Å². The number of likely N-dealkylation sites (N-methyl/N-ethyl adjacent to an activating group) is 1. The van der Waals surface area contributed by atoms with Crippen LogP contribution in [0.25, 0.3) is 0 Å². The lowest BCUT2D eigenvalue weighted by Crippen LogP contribution is -2.36.